The molecule has 0 saturated heterocycles. The first-order chi connectivity index (χ1) is 26.2. The molecule has 0 unspecified atom stereocenters. The summed E-state index contributed by atoms with van der Waals surface area (Å²) in [6.45, 7) is 25.1. The van der Waals surface area contributed by atoms with E-state index in [0.717, 1.165) is 34.4 Å². The largest absolute Gasteiger partial charge is 0.472 e. The first-order valence-electron chi connectivity index (χ1n) is 18.8. The van der Waals surface area contributed by atoms with Gasteiger partial charge in [0.05, 0.1) is 31.3 Å². The molecule has 0 saturated carbocycles. The Morgan fingerprint density at radius 3 is 1.50 bits per heavy atom. The summed E-state index contributed by atoms with van der Waals surface area (Å²) in [6.07, 6.45) is 8.11. The van der Waals surface area contributed by atoms with E-state index in [2.05, 4.69) is 0 Å². The van der Waals surface area contributed by atoms with Crippen molar-refractivity contribution in [3.63, 3.8) is 0 Å². The minimum Gasteiger partial charge on any atom is -0.472 e. The lowest BCUT2D eigenvalue weighted by molar-refractivity contribution is 0.243. The topological polar surface area (TPSA) is 171 Å². The summed E-state index contributed by atoms with van der Waals surface area (Å²) in [5, 5.41) is 8.66. The number of aliphatic hydroxyl groups is 1. The maximum atomic E-state index is 11.4. The van der Waals surface area contributed by atoms with E-state index in [0.29, 0.717) is 28.8 Å². The van der Waals surface area contributed by atoms with Crippen LogP contribution in [-0.2, 0) is 13.0 Å². The van der Waals surface area contributed by atoms with Gasteiger partial charge < -0.3 is 27.2 Å². The van der Waals surface area contributed by atoms with Gasteiger partial charge >= 0.3 is 5.63 Å². The second-order valence-electron chi connectivity index (χ2n) is 14.6. The van der Waals surface area contributed by atoms with E-state index in [-0.39, 0.29) is 57.6 Å². The molecular weight excluding hydrogens is 716 g/mol. The van der Waals surface area contributed by atoms with Crippen molar-refractivity contribution in [2.75, 3.05) is 0 Å². The summed E-state index contributed by atoms with van der Waals surface area (Å²) in [6, 6.07) is 9.21. The van der Waals surface area contributed by atoms with Gasteiger partial charge in [0.25, 0.3) is 0 Å². The Bertz CT molecular complexity index is 2210. The minimum absolute atomic E-state index is 0.0567. The predicted octanol–water partition coefficient (Wildman–Crippen LogP) is 9.49. The van der Waals surface area contributed by atoms with Crippen LogP contribution in [0.2, 0.25) is 0 Å². The van der Waals surface area contributed by atoms with Gasteiger partial charge in [-0.1, -0.05) is 76.2 Å². The van der Waals surface area contributed by atoms with Gasteiger partial charge in [0.1, 0.15) is 29.6 Å². The summed E-state index contributed by atoms with van der Waals surface area (Å²) in [5.74, 6) is 3.76. The molecule has 5 aromatic rings. The highest BCUT2D eigenvalue weighted by Crippen LogP contribution is 2.16. The zero-order valence-corrected chi connectivity index (χ0v) is 35.2. The zero-order valence-electron chi connectivity index (χ0n) is 35.2. The maximum absolute atomic E-state index is 11.4. The molecule has 11 heteroatoms. The molecule has 56 heavy (non-hydrogen) atoms. The van der Waals surface area contributed by atoms with E-state index < -0.39 is 0 Å². The Labute approximate surface area is 329 Å². The molecule has 0 atom stereocenters. The van der Waals surface area contributed by atoms with E-state index >= 15 is 0 Å². The van der Waals surface area contributed by atoms with Gasteiger partial charge in [-0.3, -0.25) is 19.2 Å². The molecule has 5 heterocycles. The molecule has 0 aliphatic heterocycles. The summed E-state index contributed by atoms with van der Waals surface area (Å²) < 4.78 is 25.0. The van der Waals surface area contributed by atoms with Crippen molar-refractivity contribution in [2.45, 2.75) is 133 Å². The Kier molecular flexibility index (Phi) is 21.1. The molecule has 0 aliphatic carbocycles. The molecule has 0 amide bonds. The van der Waals surface area contributed by atoms with Crippen LogP contribution in [0.15, 0.2) is 114 Å². The van der Waals surface area contributed by atoms with Crippen molar-refractivity contribution in [3.8, 4) is 0 Å². The monoisotopic (exact) mass is 776 g/mol. The lowest BCUT2D eigenvalue weighted by atomic mass is 10.0. The third-order valence-corrected chi connectivity index (χ3v) is 8.18. The fourth-order valence-corrected chi connectivity index (χ4v) is 5.00. The van der Waals surface area contributed by atoms with Crippen molar-refractivity contribution in [1.29, 1.82) is 0 Å². The van der Waals surface area contributed by atoms with Gasteiger partial charge in [-0.25, -0.2) is 4.79 Å². The molecule has 0 fully saturated rings. The normalized spacial score (nSPS) is 10.6. The van der Waals surface area contributed by atoms with Crippen LogP contribution in [0.3, 0.4) is 0 Å². The minimum atomic E-state index is -0.256. The van der Waals surface area contributed by atoms with Crippen molar-refractivity contribution in [2.24, 2.45) is 0 Å². The number of aryl methyl sites for hydroxylation is 3. The van der Waals surface area contributed by atoms with Crippen LogP contribution in [0.25, 0.3) is 0 Å². The van der Waals surface area contributed by atoms with E-state index in [1.54, 1.807) is 20.1 Å². The van der Waals surface area contributed by atoms with Gasteiger partial charge in [-0.15, -0.1) is 0 Å². The Morgan fingerprint density at radius 2 is 1.09 bits per heavy atom. The molecule has 306 valence electrons. The fraction of sp³-hybridized carbons (Fsp3) is 0.444. The van der Waals surface area contributed by atoms with Crippen LogP contribution in [-0.4, -0.2) is 5.11 Å². The van der Waals surface area contributed by atoms with Gasteiger partial charge in [0, 0.05) is 59.0 Å². The molecule has 0 spiro atoms. The van der Waals surface area contributed by atoms with Crippen LogP contribution < -0.4 is 27.3 Å². The average Bonchev–Trinajstić information content (AvgIpc) is 3.11. The molecule has 11 nitrogen and oxygen atoms in total. The number of hydrogen-bond acceptors (Lipinski definition) is 11. The maximum Gasteiger partial charge on any atom is 0.336 e. The molecular formula is C45H60O11. The van der Waals surface area contributed by atoms with E-state index in [9.17, 15) is 24.0 Å². The first kappa shape index (κ1) is 48.7. The van der Waals surface area contributed by atoms with Crippen molar-refractivity contribution < 1.29 is 27.2 Å². The number of rotatable bonds is 7. The van der Waals surface area contributed by atoms with Crippen molar-refractivity contribution >= 4 is 0 Å². The fourth-order valence-electron chi connectivity index (χ4n) is 5.00. The van der Waals surface area contributed by atoms with Gasteiger partial charge in [0.15, 0.2) is 21.7 Å². The van der Waals surface area contributed by atoms with E-state index in [1.807, 2.05) is 82.2 Å². The summed E-state index contributed by atoms with van der Waals surface area (Å²) in [5.41, 5.74) is 3.89. The smallest absolute Gasteiger partial charge is 0.336 e. The second kappa shape index (κ2) is 24.3. The third-order valence-electron chi connectivity index (χ3n) is 8.18. The average molecular weight is 777 g/mol. The van der Waals surface area contributed by atoms with Gasteiger partial charge in [-0.2, -0.15) is 0 Å². The van der Waals surface area contributed by atoms with Crippen molar-refractivity contribution in [3.05, 3.63) is 170 Å². The summed E-state index contributed by atoms with van der Waals surface area (Å²) >= 11 is 0. The van der Waals surface area contributed by atoms with Crippen LogP contribution >= 0.6 is 0 Å². The highest BCUT2D eigenvalue weighted by Gasteiger charge is 2.11. The molecule has 5 aromatic heterocycles. The van der Waals surface area contributed by atoms with Crippen molar-refractivity contribution in [1.82, 2.24) is 0 Å². The zero-order chi connectivity index (χ0) is 42.7. The Hall–Kier alpha value is -5.29. The molecule has 0 aliphatic rings. The summed E-state index contributed by atoms with van der Waals surface area (Å²) in [4.78, 5) is 55.7. The number of hydrogen-bond donors (Lipinski definition) is 1. The predicted molar refractivity (Wildman–Crippen MR) is 220 cm³/mol. The number of aliphatic hydroxyl groups excluding tert-OH is 1. The highest BCUT2D eigenvalue weighted by molar-refractivity contribution is 5.21. The van der Waals surface area contributed by atoms with Crippen LogP contribution in [0.1, 0.15) is 157 Å². The first-order valence-corrected chi connectivity index (χ1v) is 18.8. The molecule has 1 N–H and O–H groups in total. The van der Waals surface area contributed by atoms with Gasteiger partial charge in [0.2, 0.25) is 0 Å². The van der Waals surface area contributed by atoms with Crippen LogP contribution in [0.4, 0.5) is 0 Å². The summed E-state index contributed by atoms with van der Waals surface area (Å²) in [7, 11) is 0. The molecule has 0 radical (unpaired) electrons. The lowest BCUT2D eigenvalue weighted by Crippen LogP contribution is -2.11. The van der Waals surface area contributed by atoms with E-state index in [1.165, 1.54) is 55.4 Å². The molecule has 5 rings (SSSR count). The van der Waals surface area contributed by atoms with E-state index in [4.69, 9.17) is 27.2 Å². The second-order valence-corrected chi connectivity index (χ2v) is 14.6. The third kappa shape index (κ3) is 16.6. The van der Waals surface area contributed by atoms with Gasteiger partial charge in [-0.05, 0) is 55.1 Å². The van der Waals surface area contributed by atoms with Crippen LogP contribution in [0.5, 0.6) is 0 Å². The quantitative estimate of drug-likeness (QED) is 0.167. The van der Waals surface area contributed by atoms with Crippen LogP contribution in [0, 0.1) is 13.8 Å². The lowest BCUT2D eigenvalue weighted by Gasteiger charge is -2.07. The SMILES string of the molecule is CC(C)c1coc(CO)cc1=O.CC(C)c1coccc1=O.CCc1occc(=O)c1C(C)C.Cc1cc(=O)c(C(C)C)co1.Cc1cc(C(C)C)cc(=O)o1. The molecule has 0 aromatic carbocycles. The Balaban J connectivity index is 0.000000350. The standard InChI is InChI=1S/C10H14O2.C9H12O3.2C9H12O2.C8H10O2/c1-4-9-10(7(2)3)8(11)5-6-12-9;1-6(2)8-5-12-7(4-10)3-9(8)11;1-6(2)8-5-11-7(3)4-9(8)10;1-6(2)8-4-7(3)11-9(10)5-8;1-6(2)7-5-10-4-3-8(7)9/h5-7H,4H2,1-3H3;3,5-6,10H,4H2,1-2H3;2*4-6H,1-3H3;3-6H,1-2H3. The molecule has 0 bridgehead atoms. The Morgan fingerprint density at radius 1 is 0.554 bits per heavy atom. The highest BCUT2D eigenvalue weighted by atomic mass is 16.4.